The van der Waals surface area contributed by atoms with Gasteiger partial charge in [0.25, 0.3) is 0 Å². The third-order valence-electron chi connectivity index (χ3n) is 4.50. The van der Waals surface area contributed by atoms with Crippen LogP contribution in [0.15, 0.2) is 84.9 Å². The van der Waals surface area contributed by atoms with Crippen molar-refractivity contribution >= 4 is 6.29 Å². The predicted octanol–water partition coefficient (Wildman–Crippen LogP) is 7.11. The van der Waals surface area contributed by atoms with E-state index in [-0.39, 0.29) is 5.56 Å². The molecule has 0 aliphatic carbocycles. The average molecular weight is 512 g/mol. The lowest BCUT2D eigenvalue weighted by atomic mass is 9.85. The minimum absolute atomic E-state index is 0.192. The van der Waals surface area contributed by atoms with Crippen molar-refractivity contribution in [3.8, 4) is 5.75 Å². The summed E-state index contributed by atoms with van der Waals surface area (Å²) in [5, 5.41) is 0. The molecule has 3 aromatic rings. The molecule has 1 unspecified atom stereocenters. The van der Waals surface area contributed by atoms with Crippen molar-refractivity contribution in [1.29, 1.82) is 0 Å². The van der Waals surface area contributed by atoms with Crippen LogP contribution in [-0.2, 0) is 4.79 Å². The molecule has 0 aliphatic heterocycles. The van der Waals surface area contributed by atoms with Gasteiger partial charge < -0.3 is 15.3 Å². The topological polar surface area (TPSA) is 52.3 Å². The van der Waals surface area contributed by atoms with Crippen LogP contribution in [0.2, 0.25) is 0 Å². The first-order chi connectivity index (χ1) is 17.0. The van der Waals surface area contributed by atoms with Gasteiger partial charge >= 0.3 is 12.5 Å². The van der Waals surface area contributed by atoms with Crippen LogP contribution in [0.5, 0.6) is 5.75 Å². The quantitative estimate of drug-likeness (QED) is 0.152. The van der Waals surface area contributed by atoms with Crippen molar-refractivity contribution in [3.05, 3.63) is 113 Å². The van der Waals surface area contributed by atoms with Crippen molar-refractivity contribution < 1.29 is 35.9 Å². The third-order valence-corrected chi connectivity index (χ3v) is 4.50. The number of carbonyl (C=O) groups is 1. The molecule has 0 spiro atoms. The minimum Gasteiger partial charge on any atom is -0.428 e. The first-order valence-electron chi connectivity index (χ1n) is 10.6. The van der Waals surface area contributed by atoms with E-state index in [1.807, 2.05) is 6.92 Å². The first-order valence-corrected chi connectivity index (χ1v) is 10.6. The second kappa shape index (κ2) is 14.7. The molecule has 2 N–H and O–H groups in total. The van der Waals surface area contributed by atoms with E-state index < -0.39 is 35.8 Å². The molecule has 0 aliphatic rings. The van der Waals surface area contributed by atoms with Crippen LogP contribution in [0.3, 0.4) is 0 Å². The summed E-state index contributed by atoms with van der Waals surface area (Å²) in [5.41, 5.74) is 6.85. The highest BCUT2D eigenvalue weighted by Crippen LogP contribution is 2.36. The molecule has 0 fully saturated rings. The standard InChI is InChI=1S/C21H14F6O.C5H8O.CH5N/c22-16-8-6-14(7-9-16)19(13-4-2-1-3-5-13)15-10-17(23)12-18(11-15)28-21(26,27)20(24)25;1-5(2)3-4-6;1-2/h1-12,19-20H;4H,1,3H2,2H3;2H2,1H3. The summed E-state index contributed by atoms with van der Waals surface area (Å²) in [4.78, 5) is 9.55. The molecule has 194 valence electrons. The summed E-state index contributed by atoms with van der Waals surface area (Å²) in [7, 11) is 1.50. The van der Waals surface area contributed by atoms with Crippen molar-refractivity contribution in [2.75, 3.05) is 7.05 Å². The molecule has 0 aromatic heterocycles. The van der Waals surface area contributed by atoms with E-state index in [0.717, 1.165) is 24.0 Å². The van der Waals surface area contributed by atoms with Crippen molar-refractivity contribution in [1.82, 2.24) is 0 Å². The number of ether oxygens (including phenoxy) is 1. The fraction of sp³-hybridized carbons (Fsp3) is 0.222. The smallest absolute Gasteiger partial charge is 0.428 e. The lowest BCUT2D eigenvalue weighted by Crippen LogP contribution is -2.33. The second-order valence-electron chi connectivity index (χ2n) is 7.41. The Morgan fingerprint density at radius 2 is 1.47 bits per heavy atom. The molecule has 0 saturated carbocycles. The van der Waals surface area contributed by atoms with Crippen LogP contribution in [0, 0.1) is 11.6 Å². The summed E-state index contributed by atoms with van der Waals surface area (Å²) in [6.45, 7) is 5.34. The number of hydrogen-bond acceptors (Lipinski definition) is 3. The highest BCUT2D eigenvalue weighted by atomic mass is 19.3. The normalized spacial score (nSPS) is 11.4. The van der Waals surface area contributed by atoms with Gasteiger partial charge in [0, 0.05) is 18.4 Å². The molecule has 3 aromatic carbocycles. The minimum atomic E-state index is -4.76. The van der Waals surface area contributed by atoms with Crippen LogP contribution in [0.25, 0.3) is 0 Å². The Bertz CT molecular complexity index is 1090. The zero-order valence-corrected chi connectivity index (χ0v) is 19.7. The molecule has 9 heteroatoms. The number of carbonyl (C=O) groups excluding carboxylic acids is 1. The van der Waals surface area contributed by atoms with E-state index in [9.17, 15) is 31.1 Å². The fourth-order valence-electron chi connectivity index (χ4n) is 3.03. The molecule has 0 amide bonds. The van der Waals surface area contributed by atoms with Crippen molar-refractivity contribution in [2.45, 2.75) is 31.8 Å². The molecule has 0 heterocycles. The maximum atomic E-state index is 14.1. The Labute approximate surface area is 206 Å². The van der Waals surface area contributed by atoms with Crippen molar-refractivity contribution in [2.24, 2.45) is 5.73 Å². The number of aldehydes is 1. The molecule has 0 saturated heterocycles. The van der Waals surface area contributed by atoms with E-state index in [0.29, 0.717) is 23.6 Å². The van der Waals surface area contributed by atoms with E-state index in [1.54, 1.807) is 30.3 Å². The number of rotatable bonds is 8. The molecule has 36 heavy (non-hydrogen) atoms. The number of nitrogens with two attached hydrogens (primary N) is 1. The van der Waals surface area contributed by atoms with Crippen LogP contribution in [0.1, 0.15) is 36.0 Å². The number of allylic oxidation sites excluding steroid dienone is 1. The highest BCUT2D eigenvalue weighted by molar-refractivity contribution is 5.53. The molecule has 0 radical (unpaired) electrons. The van der Waals surface area contributed by atoms with Gasteiger partial charge in [0.05, 0.1) is 0 Å². The SMILES string of the molecule is C=C(C)CC=O.CN.Fc1ccc(C(c2ccccc2)c2cc(F)cc(OC(F)(F)C(F)F)c2)cc1. The lowest BCUT2D eigenvalue weighted by Gasteiger charge is -2.21. The van der Waals surface area contributed by atoms with Gasteiger partial charge in [-0.2, -0.15) is 17.6 Å². The molecule has 1 atom stereocenters. The molecular weight excluding hydrogens is 484 g/mol. The number of alkyl halides is 4. The monoisotopic (exact) mass is 511 g/mol. The van der Waals surface area contributed by atoms with Crippen LogP contribution in [0.4, 0.5) is 26.3 Å². The van der Waals surface area contributed by atoms with Crippen LogP contribution < -0.4 is 10.5 Å². The Kier molecular flexibility index (Phi) is 12.5. The number of hydrogen-bond donors (Lipinski definition) is 1. The summed E-state index contributed by atoms with van der Waals surface area (Å²) < 4.78 is 82.8. The first kappa shape index (κ1) is 30.4. The van der Waals surface area contributed by atoms with Gasteiger partial charge in [-0.1, -0.05) is 54.6 Å². The number of halogens is 6. The second-order valence-corrected chi connectivity index (χ2v) is 7.41. The summed E-state index contributed by atoms with van der Waals surface area (Å²) >= 11 is 0. The zero-order valence-electron chi connectivity index (χ0n) is 19.7. The molecular formula is C27H27F6NO2. The molecule has 3 nitrogen and oxygen atoms in total. The van der Waals surface area contributed by atoms with Crippen molar-refractivity contribution in [3.63, 3.8) is 0 Å². The highest BCUT2D eigenvalue weighted by Gasteiger charge is 2.44. The summed E-state index contributed by atoms with van der Waals surface area (Å²) in [6, 6.07) is 16.8. The van der Waals surface area contributed by atoms with Gasteiger partial charge in [-0.3, -0.25) is 0 Å². The Morgan fingerprint density at radius 1 is 0.917 bits per heavy atom. The summed E-state index contributed by atoms with van der Waals surface area (Å²) in [5.74, 6) is -2.79. The van der Waals surface area contributed by atoms with Gasteiger partial charge in [-0.25, -0.2) is 8.78 Å². The van der Waals surface area contributed by atoms with Gasteiger partial charge in [-0.05, 0) is 54.9 Å². The van der Waals surface area contributed by atoms with Crippen LogP contribution in [-0.4, -0.2) is 25.9 Å². The van der Waals surface area contributed by atoms with Crippen LogP contribution >= 0.6 is 0 Å². The van der Waals surface area contributed by atoms with Gasteiger partial charge in [0.15, 0.2) is 0 Å². The Hall–Kier alpha value is -3.59. The number of benzene rings is 3. The van der Waals surface area contributed by atoms with E-state index in [1.165, 1.54) is 31.3 Å². The fourth-order valence-corrected chi connectivity index (χ4v) is 3.03. The average Bonchev–Trinajstić information content (AvgIpc) is 2.82. The largest absolute Gasteiger partial charge is 0.461 e. The Balaban J connectivity index is 0.000000710. The van der Waals surface area contributed by atoms with E-state index >= 15 is 0 Å². The molecule has 3 rings (SSSR count). The van der Waals surface area contributed by atoms with Gasteiger partial charge in [0.2, 0.25) is 0 Å². The van der Waals surface area contributed by atoms with Gasteiger partial charge in [0.1, 0.15) is 23.7 Å². The van der Waals surface area contributed by atoms with Gasteiger partial charge in [-0.15, -0.1) is 0 Å². The van der Waals surface area contributed by atoms with E-state index in [4.69, 9.17) is 0 Å². The maximum Gasteiger partial charge on any atom is 0.461 e. The maximum absolute atomic E-state index is 14.1. The summed E-state index contributed by atoms with van der Waals surface area (Å²) in [6.07, 6.45) is -7.48. The Morgan fingerprint density at radius 3 is 1.94 bits per heavy atom. The zero-order chi connectivity index (χ0) is 27.3. The predicted molar refractivity (Wildman–Crippen MR) is 127 cm³/mol. The lowest BCUT2D eigenvalue weighted by molar-refractivity contribution is -0.253. The van der Waals surface area contributed by atoms with E-state index in [2.05, 4.69) is 17.0 Å². The third kappa shape index (κ3) is 9.58. The molecule has 0 bridgehead atoms.